The van der Waals surface area contributed by atoms with Crippen molar-refractivity contribution in [3.63, 3.8) is 0 Å². The number of unbranched alkanes of at least 4 members (excludes halogenated alkanes) is 5. The number of piperidine rings is 1. The molecule has 0 aromatic heterocycles. The molecule has 0 radical (unpaired) electrons. The lowest BCUT2D eigenvalue weighted by molar-refractivity contribution is -0.135. The molecule has 2 unspecified atom stereocenters. The highest BCUT2D eigenvalue weighted by molar-refractivity contribution is 9.09. The summed E-state index contributed by atoms with van der Waals surface area (Å²) < 4.78 is 0. The van der Waals surface area contributed by atoms with E-state index in [2.05, 4.69) is 27.8 Å². The van der Waals surface area contributed by atoms with Crippen LogP contribution in [0.5, 0.6) is 0 Å². The molecule has 3 heteroatoms. The van der Waals surface area contributed by atoms with Crippen molar-refractivity contribution in [1.82, 2.24) is 4.90 Å². The van der Waals surface area contributed by atoms with E-state index < -0.39 is 0 Å². The van der Waals surface area contributed by atoms with E-state index in [1.54, 1.807) is 0 Å². The van der Waals surface area contributed by atoms with E-state index in [0.29, 0.717) is 22.8 Å². The molecule has 0 aromatic rings. The first-order chi connectivity index (χ1) is 9.22. The van der Waals surface area contributed by atoms with Crippen molar-refractivity contribution in [2.75, 3.05) is 0 Å². The van der Waals surface area contributed by atoms with Gasteiger partial charge in [0, 0.05) is 23.3 Å². The highest BCUT2D eigenvalue weighted by Gasteiger charge is 2.41. The monoisotopic (exact) mass is 329 g/mol. The third kappa shape index (κ3) is 4.21. The predicted octanol–water partition coefficient (Wildman–Crippen LogP) is 4.65. The maximum Gasteiger partial charge on any atom is 0.223 e. The Morgan fingerprint density at radius 3 is 2.26 bits per heavy atom. The number of fused-ring (bicyclic) bond motifs is 2. The van der Waals surface area contributed by atoms with Crippen LogP contribution in [0.15, 0.2) is 0 Å². The summed E-state index contributed by atoms with van der Waals surface area (Å²) in [5, 5.41) is 0. The number of carbonyl (C=O) groups excluding carboxylic acids is 1. The molecule has 1 amide bonds. The van der Waals surface area contributed by atoms with Crippen molar-refractivity contribution >= 4 is 21.8 Å². The van der Waals surface area contributed by atoms with E-state index in [4.69, 9.17) is 0 Å². The van der Waals surface area contributed by atoms with E-state index in [1.165, 1.54) is 57.8 Å². The Kier molecular flexibility index (Phi) is 6.18. The van der Waals surface area contributed by atoms with Crippen LogP contribution in [0.4, 0.5) is 0 Å². The van der Waals surface area contributed by atoms with Crippen LogP contribution in [0.2, 0.25) is 0 Å². The topological polar surface area (TPSA) is 20.3 Å². The molecular formula is C16H28BrNO. The van der Waals surface area contributed by atoms with E-state index in [1.807, 2.05) is 0 Å². The fraction of sp³-hybridized carbons (Fsp3) is 0.938. The second-order valence-corrected chi connectivity index (χ2v) is 7.57. The van der Waals surface area contributed by atoms with Gasteiger partial charge in [-0.05, 0) is 32.1 Å². The SMILES string of the molecule is CCCCCCCCC(=O)N1C2CCC1CC(Br)C2. The second kappa shape index (κ2) is 7.66. The summed E-state index contributed by atoms with van der Waals surface area (Å²) in [5.41, 5.74) is 0. The van der Waals surface area contributed by atoms with Crippen LogP contribution in [0.3, 0.4) is 0 Å². The average molecular weight is 330 g/mol. The first kappa shape index (κ1) is 15.3. The molecule has 110 valence electrons. The van der Waals surface area contributed by atoms with Crippen LogP contribution in [-0.2, 0) is 4.79 Å². The molecule has 2 fully saturated rings. The molecule has 2 rings (SSSR count). The number of alkyl halides is 1. The Labute approximate surface area is 126 Å². The highest BCUT2D eigenvalue weighted by Crippen LogP contribution is 2.38. The maximum absolute atomic E-state index is 12.4. The van der Waals surface area contributed by atoms with Crippen LogP contribution >= 0.6 is 15.9 Å². The van der Waals surface area contributed by atoms with Gasteiger partial charge in [0.2, 0.25) is 5.91 Å². The Morgan fingerprint density at radius 2 is 1.63 bits per heavy atom. The fourth-order valence-electron chi connectivity index (χ4n) is 3.70. The van der Waals surface area contributed by atoms with E-state index in [9.17, 15) is 4.79 Å². The van der Waals surface area contributed by atoms with Crippen LogP contribution in [0.1, 0.15) is 77.6 Å². The molecule has 2 atom stereocenters. The van der Waals surface area contributed by atoms with E-state index >= 15 is 0 Å². The Hall–Kier alpha value is -0.0500. The summed E-state index contributed by atoms with van der Waals surface area (Å²) in [6, 6.07) is 1.08. The quantitative estimate of drug-likeness (QED) is 0.491. The molecule has 2 heterocycles. The lowest BCUT2D eigenvalue weighted by atomic mass is 10.0. The van der Waals surface area contributed by atoms with Crippen molar-refractivity contribution in [2.45, 2.75) is 94.5 Å². The minimum atomic E-state index is 0.433. The van der Waals surface area contributed by atoms with Crippen molar-refractivity contribution in [3.8, 4) is 0 Å². The predicted molar refractivity (Wildman–Crippen MR) is 83.6 cm³/mol. The number of halogens is 1. The fourth-order valence-corrected chi connectivity index (χ4v) is 4.57. The third-order valence-corrected chi connectivity index (χ3v) is 5.46. The summed E-state index contributed by atoms with van der Waals surface area (Å²) in [5.74, 6) is 0.433. The summed E-state index contributed by atoms with van der Waals surface area (Å²) >= 11 is 3.74. The molecule has 0 N–H and O–H groups in total. The van der Waals surface area contributed by atoms with Gasteiger partial charge in [0.1, 0.15) is 0 Å². The molecule has 2 aliphatic rings. The van der Waals surface area contributed by atoms with E-state index in [-0.39, 0.29) is 0 Å². The molecule has 2 nitrogen and oxygen atoms in total. The summed E-state index contributed by atoms with van der Waals surface area (Å²) in [7, 11) is 0. The number of nitrogens with zero attached hydrogens (tertiary/aromatic N) is 1. The molecule has 2 aliphatic heterocycles. The van der Waals surface area contributed by atoms with Gasteiger partial charge in [0.05, 0.1) is 0 Å². The zero-order chi connectivity index (χ0) is 13.7. The number of carbonyl (C=O) groups is 1. The van der Waals surface area contributed by atoms with Crippen LogP contribution in [0.25, 0.3) is 0 Å². The number of hydrogen-bond donors (Lipinski definition) is 0. The van der Waals surface area contributed by atoms with Gasteiger partial charge in [-0.15, -0.1) is 0 Å². The minimum absolute atomic E-state index is 0.433. The first-order valence-corrected chi connectivity index (χ1v) is 9.09. The minimum Gasteiger partial charge on any atom is -0.337 e. The van der Waals surface area contributed by atoms with E-state index in [0.717, 1.165) is 12.8 Å². The van der Waals surface area contributed by atoms with Crippen LogP contribution < -0.4 is 0 Å². The van der Waals surface area contributed by atoms with Crippen LogP contribution in [-0.4, -0.2) is 27.7 Å². The normalized spacial score (nSPS) is 29.8. The van der Waals surface area contributed by atoms with Gasteiger partial charge in [-0.3, -0.25) is 4.79 Å². The lowest BCUT2D eigenvalue weighted by Crippen LogP contribution is -2.46. The Balaban J connectivity index is 1.66. The largest absolute Gasteiger partial charge is 0.337 e. The van der Waals surface area contributed by atoms with Crippen molar-refractivity contribution in [2.24, 2.45) is 0 Å². The highest BCUT2D eigenvalue weighted by atomic mass is 79.9. The van der Waals surface area contributed by atoms with Crippen molar-refractivity contribution in [1.29, 1.82) is 0 Å². The van der Waals surface area contributed by atoms with Crippen molar-refractivity contribution < 1.29 is 4.79 Å². The molecule has 19 heavy (non-hydrogen) atoms. The Morgan fingerprint density at radius 1 is 1.05 bits per heavy atom. The van der Waals surface area contributed by atoms with Crippen molar-refractivity contribution in [3.05, 3.63) is 0 Å². The zero-order valence-electron chi connectivity index (χ0n) is 12.2. The van der Waals surface area contributed by atoms with Gasteiger partial charge >= 0.3 is 0 Å². The standard InChI is InChI=1S/C16H28BrNO/c1-2-3-4-5-6-7-8-16(19)18-14-9-10-15(18)12-13(17)11-14/h13-15H,2-12H2,1H3. The number of rotatable bonds is 7. The second-order valence-electron chi connectivity index (χ2n) is 6.27. The smallest absolute Gasteiger partial charge is 0.223 e. The molecule has 2 saturated heterocycles. The molecule has 0 aromatic carbocycles. The van der Waals surface area contributed by atoms with Gasteiger partial charge in [0.25, 0.3) is 0 Å². The van der Waals surface area contributed by atoms with Gasteiger partial charge in [-0.2, -0.15) is 0 Å². The maximum atomic E-state index is 12.4. The van der Waals surface area contributed by atoms with Gasteiger partial charge in [-0.1, -0.05) is 55.0 Å². The van der Waals surface area contributed by atoms with Crippen LogP contribution in [0, 0.1) is 0 Å². The molecule has 2 bridgehead atoms. The average Bonchev–Trinajstić information content (AvgIpc) is 2.66. The Bertz CT molecular complexity index is 280. The van der Waals surface area contributed by atoms with Gasteiger partial charge in [0.15, 0.2) is 0 Å². The molecule has 0 saturated carbocycles. The number of amides is 1. The lowest BCUT2D eigenvalue weighted by Gasteiger charge is -2.37. The van der Waals surface area contributed by atoms with Gasteiger partial charge < -0.3 is 4.90 Å². The summed E-state index contributed by atoms with van der Waals surface area (Å²) in [6.07, 6.45) is 13.2. The molecule has 0 spiro atoms. The zero-order valence-corrected chi connectivity index (χ0v) is 13.8. The first-order valence-electron chi connectivity index (χ1n) is 8.17. The summed E-state index contributed by atoms with van der Waals surface area (Å²) in [6.45, 7) is 2.24. The molecule has 0 aliphatic carbocycles. The number of hydrogen-bond acceptors (Lipinski definition) is 1. The molecular weight excluding hydrogens is 302 g/mol. The third-order valence-electron chi connectivity index (χ3n) is 4.71. The summed E-state index contributed by atoms with van der Waals surface area (Å²) in [4.78, 5) is 15.2. The van der Waals surface area contributed by atoms with Gasteiger partial charge in [-0.25, -0.2) is 0 Å².